The Bertz CT molecular complexity index is 997. The third-order valence-electron chi connectivity index (χ3n) is 6.03. The number of likely N-dealkylation sites (tertiary alicyclic amines) is 1. The topological polar surface area (TPSA) is 54.5 Å². The number of nitrogens with zero attached hydrogens (tertiary/aromatic N) is 2. The van der Waals surface area contributed by atoms with Gasteiger partial charge in [0.2, 0.25) is 5.91 Å². The Morgan fingerprint density at radius 3 is 2.58 bits per heavy atom. The van der Waals surface area contributed by atoms with Crippen LogP contribution in [0.15, 0.2) is 60.7 Å². The molecule has 1 aromatic heterocycles. The maximum absolute atomic E-state index is 12.9. The van der Waals surface area contributed by atoms with Gasteiger partial charge in [-0.3, -0.25) is 9.78 Å². The van der Waals surface area contributed by atoms with Gasteiger partial charge < -0.3 is 15.0 Å². The molecule has 31 heavy (non-hydrogen) atoms. The number of hydrogen-bond acceptors (Lipinski definition) is 4. The molecule has 3 aromatic rings. The van der Waals surface area contributed by atoms with Crippen molar-refractivity contribution in [2.24, 2.45) is 0 Å². The molecule has 1 aliphatic rings. The number of nitrogens with one attached hydrogen (secondary N) is 1. The van der Waals surface area contributed by atoms with Crippen molar-refractivity contribution in [3.63, 3.8) is 0 Å². The number of pyridine rings is 1. The molecule has 1 N–H and O–H groups in total. The monoisotopic (exact) mass is 417 g/mol. The zero-order valence-corrected chi connectivity index (χ0v) is 18.2. The number of carbonyl (C=O) groups excluding carboxylic acids is 1. The Balaban J connectivity index is 1.44. The van der Waals surface area contributed by atoms with E-state index in [1.165, 1.54) is 19.3 Å². The van der Waals surface area contributed by atoms with Gasteiger partial charge in [-0.15, -0.1) is 0 Å². The second kappa shape index (κ2) is 10.4. The molecule has 1 saturated heterocycles. The first-order chi connectivity index (χ1) is 15.2. The van der Waals surface area contributed by atoms with E-state index < -0.39 is 0 Å². The van der Waals surface area contributed by atoms with Gasteiger partial charge in [-0.1, -0.05) is 42.8 Å². The van der Waals surface area contributed by atoms with Crippen LogP contribution in [-0.4, -0.2) is 42.5 Å². The van der Waals surface area contributed by atoms with Gasteiger partial charge in [0.05, 0.1) is 30.8 Å². The molecule has 0 spiro atoms. The average molecular weight is 418 g/mol. The van der Waals surface area contributed by atoms with Gasteiger partial charge in [-0.2, -0.15) is 0 Å². The lowest BCUT2D eigenvalue weighted by Gasteiger charge is -2.29. The van der Waals surface area contributed by atoms with Crippen LogP contribution in [0.5, 0.6) is 5.75 Å². The SMILES string of the molecule is COc1ccc(C(CCN2CCCCC2)NC(=O)Cc2ccc3ccccc3n2)cc1. The lowest BCUT2D eigenvalue weighted by Crippen LogP contribution is -2.35. The molecule has 5 heteroatoms. The van der Waals surface area contributed by atoms with Gasteiger partial charge >= 0.3 is 0 Å². The molecule has 1 aliphatic heterocycles. The number of aromatic nitrogens is 1. The summed E-state index contributed by atoms with van der Waals surface area (Å²) in [6, 6.07) is 19.9. The predicted molar refractivity (Wildman–Crippen MR) is 124 cm³/mol. The molecule has 162 valence electrons. The predicted octanol–water partition coefficient (Wildman–Crippen LogP) is 4.52. The number of benzene rings is 2. The largest absolute Gasteiger partial charge is 0.497 e. The number of ether oxygens (including phenoxy) is 1. The van der Waals surface area contributed by atoms with Crippen LogP contribution in [-0.2, 0) is 11.2 Å². The van der Waals surface area contributed by atoms with E-state index >= 15 is 0 Å². The molecular weight excluding hydrogens is 386 g/mol. The molecule has 1 fully saturated rings. The Morgan fingerprint density at radius 1 is 1.03 bits per heavy atom. The highest BCUT2D eigenvalue weighted by Gasteiger charge is 2.18. The number of hydrogen-bond donors (Lipinski definition) is 1. The second-order valence-corrected chi connectivity index (χ2v) is 8.26. The molecule has 0 bridgehead atoms. The molecule has 2 heterocycles. The summed E-state index contributed by atoms with van der Waals surface area (Å²) >= 11 is 0. The van der Waals surface area contributed by atoms with Crippen LogP contribution in [0.25, 0.3) is 10.9 Å². The lowest BCUT2D eigenvalue weighted by molar-refractivity contribution is -0.121. The number of carbonyl (C=O) groups is 1. The van der Waals surface area contributed by atoms with Gasteiger partial charge in [0.1, 0.15) is 5.75 Å². The van der Waals surface area contributed by atoms with Gasteiger partial charge in [-0.25, -0.2) is 0 Å². The number of amides is 1. The molecule has 0 radical (unpaired) electrons. The first kappa shape index (κ1) is 21.3. The number of rotatable bonds is 8. The Labute approximate surface area is 184 Å². The number of piperidine rings is 1. The van der Waals surface area contributed by atoms with Gasteiger partial charge in [-0.05, 0) is 62.2 Å². The molecule has 0 saturated carbocycles. The maximum atomic E-state index is 12.9. The van der Waals surface area contributed by atoms with E-state index in [1.54, 1.807) is 7.11 Å². The molecule has 1 unspecified atom stereocenters. The minimum Gasteiger partial charge on any atom is -0.497 e. The van der Waals surface area contributed by atoms with Crippen molar-refractivity contribution in [3.8, 4) is 5.75 Å². The van der Waals surface area contributed by atoms with Crippen LogP contribution >= 0.6 is 0 Å². The summed E-state index contributed by atoms with van der Waals surface area (Å²) in [5.74, 6) is 0.826. The lowest BCUT2D eigenvalue weighted by atomic mass is 10.0. The number of methoxy groups -OCH3 is 1. The number of fused-ring (bicyclic) bond motifs is 1. The van der Waals surface area contributed by atoms with E-state index in [4.69, 9.17) is 4.74 Å². The minimum atomic E-state index is -0.0270. The first-order valence-corrected chi connectivity index (χ1v) is 11.2. The van der Waals surface area contributed by atoms with Crippen molar-refractivity contribution in [2.75, 3.05) is 26.7 Å². The van der Waals surface area contributed by atoms with Crippen LogP contribution in [0, 0.1) is 0 Å². The third kappa shape index (κ3) is 5.82. The molecule has 2 aromatic carbocycles. The minimum absolute atomic E-state index is 0.00208. The van der Waals surface area contributed by atoms with Crippen molar-refractivity contribution < 1.29 is 9.53 Å². The summed E-state index contributed by atoms with van der Waals surface area (Å²) in [7, 11) is 1.67. The highest BCUT2D eigenvalue weighted by atomic mass is 16.5. The van der Waals surface area contributed by atoms with E-state index in [9.17, 15) is 4.79 Å². The summed E-state index contributed by atoms with van der Waals surface area (Å²) in [5.41, 5.74) is 2.82. The average Bonchev–Trinajstić information content (AvgIpc) is 2.82. The standard InChI is InChI=1S/C26H31N3O2/c1-31-23-13-10-21(11-14-23)25(15-18-29-16-5-2-6-17-29)28-26(30)19-22-12-9-20-7-3-4-8-24(20)27-22/h3-4,7-14,25H,2,5-6,15-19H2,1H3,(H,28,30). The van der Waals surface area contributed by atoms with Crippen molar-refractivity contribution in [3.05, 3.63) is 71.9 Å². The van der Waals surface area contributed by atoms with E-state index in [-0.39, 0.29) is 18.4 Å². The summed E-state index contributed by atoms with van der Waals surface area (Å²) in [6.45, 7) is 3.31. The summed E-state index contributed by atoms with van der Waals surface area (Å²) in [5, 5.41) is 4.35. The van der Waals surface area contributed by atoms with Crippen molar-refractivity contribution in [1.29, 1.82) is 0 Å². The highest BCUT2D eigenvalue weighted by Crippen LogP contribution is 2.22. The summed E-state index contributed by atoms with van der Waals surface area (Å²) in [6.07, 6.45) is 5.04. The molecular formula is C26H31N3O2. The summed E-state index contributed by atoms with van der Waals surface area (Å²) in [4.78, 5) is 20.1. The fraction of sp³-hybridized carbons (Fsp3) is 0.385. The van der Waals surface area contributed by atoms with E-state index in [1.807, 2.05) is 60.7 Å². The highest BCUT2D eigenvalue weighted by molar-refractivity contribution is 5.81. The van der Waals surface area contributed by atoms with Gasteiger partial charge in [0, 0.05) is 11.9 Å². The Hall–Kier alpha value is -2.92. The van der Waals surface area contributed by atoms with E-state index in [0.29, 0.717) is 0 Å². The maximum Gasteiger partial charge on any atom is 0.226 e. The van der Waals surface area contributed by atoms with Crippen LogP contribution in [0.4, 0.5) is 0 Å². The van der Waals surface area contributed by atoms with Gasteiger partial charge in [0.25, 0.3) is 0 Å². The Kier molecular flexibility index (Phi) is 7.15. The van der Waals surface area contributed by atoms with E-state index in [0.717, 1.165) is 54.0 Å². The smallest absolute Gasteiger partial charge is 0.226 e. The molecule has 0 aliphatic carbocycles. The fourth-order valence-electron chi connectivity index (χ4n) is 4.27. The number of para-hydroxylation sites is 1. The third-order valence-corrected chi connectivity index (χ3v) is 6.03. The molecule has 5 nitrogen and oxygen atoms in total. The quantitative estimate of drug-likeness (QED) is 0.586. The van der Waals surface area contributed by atoms with Crippen molar-refractivity contribution in [2.45, 2.75) is 38.1 Å². The molecule has 4 rings (SSSR count). The molecule has 1 amide bonds. The van der Waals surface area contributed by atoms with Crippen molar-refractivity contribution >= 4 is 16.8 Å². The normalized spacial score (nSPS) is 15.5. The molecule has 1 atom stereocenters. The fourth-order valence-corrected chi connectivity index (χ4v) is 4.27. The zero-order chi connectivity index (χ0) is 21.5. The van der Waals surface area contributed by atoms with Crippen LogP contribution in [0.1, 0.15) is 43.0 Å². The first-order valence-electron chi connectivity index (χ1n) is 11.2. The van der Waals surface area contributed by atoms with Crippen LogP contribution < -0.4 is 10.1 Å². The zero-order valence-electron chi connectivity index (χ0n) is 18.2. The summed E-state index contributed by atoms with van der Waals surface area (Å²) < 4.78 is 5.30. The van der Waals surface area contributed by atoms with Crippen molar-refractivity contribution in [1.82, 2.24) is 15.2 Å². The van der Waals surface area contributed by atoms with Gasteiger partial charge in [0.15, 0.2) is 0 Å². The van der Waals surface area contributed by atoms with Crippen LogP contribution in [0.3, 0.4) is 0 Å². The second-order valence-electron chi connectivity index (χ2n) is 8.26. The van der Waals surface area contributed by atoms with Crippen LogP contribution in [0.2, 0.25) is 0 Å². The van der Waals surface area contributed by atoms with E-state index in [2.05, 4.69) is 15.2 Å². The Morgan fingerprint density at radius 2 is 1.81 bits per heavy atom.